The number of hydrogen-bond acceptors (Lipinski definition) is 8. The average molecular weight is 460 g/mol. The van der Waals surface area contributed by atoms with Crippen LogP contribution >= 0.6 is 11.3 Å². The van der Waals surface area contributed by atoms with Gasteiger partial charge >= 0.3 is 0 Å². The first-order valence-electron chi connectivity index (χ1n) is 10.7. The summed E-state index contributed by atoms with van der Waals surface area (Å²) in [6, 6.07) is 8.01. The van der Waals surface area contributed by atoms with Crippen molar-refractivity contribution in [2.75, 3.05) is 19.8 Å². The quantitative estimate of drug-likeness (QED) is 0.403. The van der Waals surface area contributed by atoms with E-state index in [0.717, 1.165) is 40.8 Å². The molecule has 0 aliphatic rings. The number of hydrogen-bond donors (Lipinski definition) is 3. The molecule has 2 aromatic heterocycles. The van der Waals surface area contributed by atoms with Gasteiger partial charge in [0.25, 0.3) is 5.89 Å². The molecule has 0 unspecified atom stereocenters. The van der Waals surface area contributed by atoms with Crippen molar-refractivity contribution < 1.29 is 24.3 Å². The van der Waals surface area contributed by atoms with E-state index in [4.69, 9.17) is 14.4 Å². The van der Waals surface area contributed by atoms with E-state index in [1.165, 1.54) is 4.88 Å². The van der Waals surface area contributed by atoms with E-state index in [0.29, 0.717) is 17.5 Å². The van der Waals surface area contributed by atoms with Crippen LogP contribution in [0.1, 0.15) is 36.3 Å². The minimum atomic E-state index is -0.891. The molecule has 32 heavy (non-hydrogen) atoms. The molecule has 0 aliphatic heterocycles. The third-order valence-electron chi connectivity index (χ3n) is 4.88. The molecule has 172 valence electrons. The van der Waals surface area contributed by atoms with Crippen LogP contribution < -0.4 is 10.1 Å². The lowest BCUT2D eigenvalue weighted by molar-refractivity contribution is -0.124. The number of aryl methyl sites for hydroxylation is 3. The van der Waals surface area contributed by atoms with E-state index in [1.807, 2.05) is 32.0 Å². The lowest BCUT2D eigenvalue weighted by Crippen LogP contribution is -2.36. The van der Waals surface area contributed by atoms with Gasteiger partial charge in [-0.3, -0.25) is 4.79 Å². The average Bonchev–Trinajstić information content (AvgIpc) is 3.46. The minimum absolute atomic E-state index is 0.00626. The summed E-state index contributed by atoms with van der Waals surface area (Å²) >= 11 is 1.67. The molecule has 9 heteroatoms. The Labute approximate surface area is 191 Å². The lowest BCUT2D eigenvalue weighted by atomic mass is 10.0. The number of amides is 1. The number of aliphatic hydroxyl groups is 2. The Balaban J connectivity index is 1.73. The largest absolute Gasteiger partial charge is 0.490 e. The summed E-state index contributed by atoms with van der Waals surface area (Å²) in [5.41, 5.74) is 2.68. The molecule has 2 heterocycles. The Hall–Kier alpha value is -2.75. The predicted molar refractivity (Wildman–Crippen MR) is 123 cm³/mol. The summed E-state index contributed by atoms with van der Waals surface area (Å²) in [7, 11) is 0. The molecule has 0 saturated heterocycles. The summed E-state index contributed by atoms with van der Waals surface area (Å²) < 4.78 is 11.4. The molecule has 3 N–H and O–H groups in total. The molecule has 0 saturated carbocycles. The Kier molecular flexibility index (Phi) is 8.38. The number of ether oxygens (including phenoxy) is 1. The molecule has 0 spiro atoms. The van der Waals surface area contributed by atoms with Crippen LogP contribution in [-0.4, -0.2) is 52.1 Å². The highest BCUT2D eigenvalue weighted by molar-refractivity contribution is 7.15. The summed E-state index contributed by atoms with van der Waals surface area (Å²) in [5, 5.41) is 25.4. The first-order chi connectivity index (χ1) is 15.4. The van der Waals surface area contributed by atoms with Crippen molar-refractivity contribution in [1.29, 1.82) is 0 Å². The van der Waals surface area contributed by atoms with E-state index in [2.05, 4.69) is 28.4 Å². The molecule has 0 bridgehead atoms. The van der Waals surface area contributed by atoms with Gasteiger partial charge in [-0.1, -0.05) is 25.4 Å². The van der Waals surface area contributed by atoms with Gasteiger partial charge in [0.1, 0.15) is 25.1 Å². The Morgan fingerprint density at radius 2 is 2.12 bits per heavy atom. The Bertz CT molecular complexity index is 1050. The van der Waals surface area contributed by atoms with Crippen LogP contribution in [0.2, 0.25) is 0 Å². The number of carbonyl (C=O) groups is 1. The monoisotopic (exact) mass is 459 g/mol. The second kappa shape index (κ2) is 11.2. The molecule has 1 atom stereocenters. The van der Waals surface area contributed by atoms with Gasteiger partial charge in [0.2, 0.25) is 11.7 Å². The van der Waals surface area contributed by atoms with Crippen molar-refractivity contribution in [1.82, 2.24) is 15.5 Å². The van der Waals surface area contributed by atoms with Crippen LogP contribution in [0.15, 0.2) is 28.8 Å². The van der Waals surface area contributed by atoms with Crippen molar-refractivity contribution in [3.8, 4) is 27.9 Å². The standard InChI is InChI=1S/C23H29N3O5S/c1-4-6-18-7-8-19(32-18)23-25-22(26-31-23)16-9-14(3)21(15(5-2)10-16)30-13-17(28)11-24-20(29)12-27/h7-10,17,27-28H,4-6,11-13H2,1-3H3,(H,24,29)/t17-/m1/s1. The zero-order valence-electron chi connectivity index (χ0n) is 18.6. The van der Waals surface area contributed by atoms with E-state index >= 15 is 0 Å². The van der Waals surface area contributed by atoms with Gasteiger partial charge in [0.05, 0.1) is 4.88 Å². The summed E-state index contributed by atoms with van der Waals surface area (Å²) in [6.07, 6.45) is 1.96. The molecular weight excluding hydrogens is 430 g/mol. The zero-order chi connectivity index (χ0) is 23.1. The number of carbonyl (C=O) groups excluding carboxylic acids is 1. The highest BCUT2D eigenvalue weighted by atomic mass is 32.1. The van der Waals surface area contributed by atoms with Crippen LogP contribution in [0.5, 0.6) is 5.75 Å². The van der Waals surface area contributed by atoms with Crippen molar-refractivity contribution in [2.24, 2.45) is 0 Å². The Morgan fingerprint density at radius 3 is 2.84 bits per heavy atom. The van der Waals surface area contributed by atoms with Crippen molar-refractivity contribution in [3.63, 3.8) is 0 Å². The van der Waals surface area contributed by atoms with Gasteiger partial charge in [0, 0.05) is 17.0 Å². The smallest absolute Gasteiger partial charge is 0.268 e. The van der Waals surface area contributed by atoms with E-state index in [-0.39, 0.29) is 13.2 Å². The van der Waals surface area contributed by atoms with Crippen molar-refractivity contribution in [3.05, 3.63) is 40.3 Å². The number of nitrogens with one attached hydrogen (secondary N) is 1. The maximum Gasteiger partial charge on any atom is 0.268 e. The van der Waals surface area contributed by atoms with Gasteiger partial charge in [-0.2, -0.15) is 4.98 Å². The van der Waals surface area contributed by atoms with Crippen LogP contribution in [0.25, 0.3) is 22.2 Å². The molecule has 3 aromatic rings. The molecule has 1 amide bonds. The third kappa shape index (κ3) is 5.93. The van der Waals surface area contributed by atoms with Crippen LogP contribution in [0, 0.1) is 6.92 Å². The highest BCUT2D eigenvalue weighted by Gasteiger charge is 2.17. The second-order valence-corrected chi connectivity index (χ2v) is 8.67. The Morgan fingerprint density at radius 1 is 1.31 bits per heavy atom. The molecule has 0 fully saturated rings. The normalized spacial score (nSPS) is 12.0. The maximum atomic E-state index is 11.1. The number of aliphatic hydroxyl groups excluding tert-OH is 2. The van der Waals surface area contributed by atoms with Crippen molar-refractivity contribution >= 4 is 17.2 Å². The molecule has 0 radical (unpaired) electrons. The van der Waals surface area contributed by atoms with Crippen LogP contribution in [-0.2, 0) is 17.6 Å². The number of aromatic nitrogens is 2. The fraction of sp³-hybridized carbons (Fsp3) is 0.435. The number of nitrogens with zero attached hydrogens (tertiary/aromatic N) is 2. The topological polar surface area (TPSA) is 118 Å². The van der Waals surface area contributed by atoms with Gasteiger partial charge < -0.3 is 24.8 Å². The third-order valence-corrected chi connectivity index (χ3v) is 6.02. The van der Waals surface area contributed by atoms with Gasteiger partial charge in [-0.25, -0.2) is 0 Å². The van der Waals surface area contributed by atoms with Crippen LogP contribution in [0.3, 0.4) is 0 Å². The molecular formula is C23H29N3O5S. The summed E-state index contributed by atoms with van der Waals surface area (Å²) in [6.45, 7) is 5.51. The lowest BCUT2D eigenvalue weighted by Gasteiger charge is -2.17. The van der Waals surface area contributed by atoms with E-state index in [1.54, 1.807) is 11.3 Å². The first-order valence-corrected chi connectivity index (χ1v) is 11.5. The fourth-order valence-electron chi connectivity index (χ4n) is 3.29. The number of thiophene rings is 1. The predicted octanol–water partition coefficient (Wildman–Crippen LogP) is 3.14. The van der Waals surface area contributed by atoms with Gasteiger partial charge in [-0.05, 0) is 55.2 Å². The molecule has 1 aromatic carbocycles. The number of rotatable bonds is 11. The van der Waals surface area contributed by atoms with Crippen LogP contribution in [0.4, 0.5) is 0 Å². The highest BCUT2D eigenvalue weighted by Crippen LogP contribution is 2.33. The van der Waals surface area contributed by atoms with E-state index < -0.39 is 18.6 Å². The minimum Gasteiger partial charge on any atom is -0.490 e. The zero-order valence-corrected chi connectivity index (χ0v) is 19.4. The fourth-order valence-corrected chi connectivity index (χ4v) is 4.32. The SMILES string of the molecule is CCCc1ccc(-c2nc(-c3cc(C)c(OC[C@H](O)CNC(=O)CO)c(CC)c3)no2)s1. The number of benzene rings is 1. The molecule has 8 nitrogen and oxygen atoms in total. The second-order valence-electron chi connectivity index (χ2n) is 7.50. The van der Waals surface area contributed by atoms with E-state index in [9.17, 15) is 9.90 Å². The van der Waals surface area contributed by atoms with Crippen molar-refractivity contribution in [2.45, 2.75) is 46.1 Å². The van der Waals surface area contributed by atoms with Gasteiger partial charge in [0.15, 0.2) is 0 Å². The summed E-state index contributed by atoms with van der Waals surface area (Å²) in [5.74, 6) is 1.18. The molecule has 0 aliphatic carbocycles. The maximum absolute atomic E-state index is 11.1. The summed E-state index contributed by atoms with van der Waals surface area (Å²) in [4.78, 5) is 18.0. The van der Waals surface area contributed by atoms with Gasteiger partial charge in [-0.15, -0.1) is 11.3 Å². The molecule has 3 rings (SSSR count). The first kappa shape index (κ1) is 23.9.